The minimum atomic E-state index is -0.233. The average molecular weight is 507 g/mol. The fourth-order valence-electron chi connectivity index (χ4n) is 9.42. The van der Waals surface area contributed by atoms with Crippen molar-refractivity contribution in [3.05, 3.63) is 165 Å². The lowest BCUT2D eigenvalue weighted by atomic mass is 9.59. The van der Waals surface area contributed by atoms with Crippen LogP contribution in [0, 0.1) is 0 Å². The van der Waals surface area contributed by atoms with Crippen molar-refractivity contribution in [3.63, 3.8) is 0 Å². The molecule has 0 spiro atoms. The zero-order valence-electron chi connectivity index (χ0n) is 21.6. The van der Waals surface area contributed by atoms with Gasteiger partial charge in [-0.1, -0.05) is 97.1 Å². The van der Waals surface area contributed by atoms with Crippen molar-refractivity contribution in [2.75, 3.05) is 0 Å². The van der Waals surface area contributed by atoms with Gasteiger partial charge in [-0.25, -0.2) is 0 Å². The predicted octanol–water partition coefficient (Wildman–Crippen LogP) is 8.63. The summed E-state index contributed by atoms with van der Waals surface area (Å²) in [5, 5.41) is 2.64. The molecule has 0 saturated carbocycles. The van der Waals surface area contributed by atoms with Gasteiger partial charge in [0.05, 0.1) is 11.8 Å². The number of rotatable bonds is 0. The molecule has 0 aromatic heterocycles. The van der Waals surface area contributed by atoms with E-state index in [4.69, 9.17) is 0 Å². The maximum atomic E-state index is 15.1. The summed E-state index contributed by atoms with van der Waals surface area (Å²) in [6.07, 6.45) is 0. The van der Waals surface area contributed by atoms with Gasteiger partial charge in [-0.2, -0.15) is 0 Å². The summed E-state index contributed by atoms with van der Waals surface area (Å²) < 4.78 is 0. The average Bonchev–Trinajstić information content (AvgIpc) is 3.52. The second-order valence-corrected chi connectivity index (χ2v) is 12.2. The summed E-state index contributed by atoms with van der Waals surface area (Å²) in [5.41, 5.74) is 18.4. The highest BCUT2D eigenvalue weighted by Crippen LogP contribution is 2.65. The van der Waals surface area contributed by atoms with Gasteiger partial charge in [-0.3, -0.25) is 4.79 Å². The fourth-order valence-corrected chi connectivity index (χ4v) is 9.42. The van der Waals surface area contributed by atoms with Gasteiger partial charge >= 0.3 is 0 Å². The van der Waals surface area contributed by atoms with Crippen LogP contribution in [-0.2, 0) is 4.79 Å². The number of benzene rings is 6. The zero-order valence-corrected chi connectivity index (χ0v) is 21.6. The molecule has 40 heavy (non-hydrogen) atoms. The molecular weight excluding hydrogens is 484 g/mol. The summed E-state index contributed by atoms with van der Waals surface area (Å²) >= 11 is 0. The number of Topliss-reactive ketones (excluding diaryl/α,β-unsaturated/α-hetero) is 1. The van der Waals surface area contributed by atoms with Crippen LogP contribution in [0.3, 0.4) is 0 Å². The number of carbonyl (C=O) groups excluding carboxylic acids is 1. The van der Waals surface area contributed by atoms with E-state index in [0.29, 0.717) is 5.78 Å². The molecule has 4 unspecified atom stereocenters. The highest BCUT2D eigenvalue weighted by atomic mass is 16.1. The molecule has 0 aliphatic heterocycles. The van der Waals surface area contributed by atoms with Crippen molar-refractivity contribution in [1.29, 1.82) is 0 Å². The third kappa shape index (κ3) is 2.01. The van der Waals surface area contributed by atoms with E-state index in [9.17, 15) is 0 Å². The van der Waals surface area contributed by atoms with Gasteiger partial charge in [0.2, 0.25) is 0 Å². The van der Waals surface area contributed by atoms with Crippen LogP contribution >= 0.6 is 0 Å². The zero-order chi connectivity index (χ0) is 25.9. The molecule has 0 N–H and O–H groups in total. The first-order valence-electron chi connectivity index (χ1n) is 14.4. The molecule has 1 heteroatoms. The quantitative estimate of drug-likeness (QED) is 0.201. The standard InChI is InChI=1S/C39H22O/c40-39-35-26-15-7-5-13-24(26)31-22-11-3-1-9-20(22)28-17-19-18-29-21-10-2-4-12-23(21)32-25-14-6-8-16-27(25)36(39)38(34(29)32)30(19)37(35)33(28)31/h1-18,31-32,35-36H. The molecule has 0 radical (unpaired) electrons. The molecule has 1 nitrogen and oxygen atoms in total. The minimum absolute atomic E-state index is 0.187. The van der Waals surface area contributed by atoms with E-state index in [1.54, 1.807) is 0 Å². The Bertz CT molecular complexity index is 2060. The van der Waals surface area contributed by atoms with Gasteiger partial charge in [-0.05, 0) is 101 Å². The van der Waals surface area contributed by atoms with Crippen LogP contribution in [0.4, 0.5) is 0 Å². The third-order valence-electron chi connectivity index (χ3n) is 10.7. The Morgan fingerprint density at radius 3 is 1.20 bits per heavy atom. The summed E-state index contributed by atoms with van der Waals surface area (Å²) in [6, 6.07) is 40.3. The largest absolute Gasteiger partial charge is 0.298 e. The number of fused-ring (bicyclic) bond motifs is 12. The lowest BCUT2D eigenvalue weighted by Crippen LogP contribution is -2.35. The van der Waals surface area contributed by atoms with Crippen molar-refractivity contribution < 1.29 is 4.79 Å². The van der Waals surface area contributed by atoms with Crippen LogP contribution in [0.2, 0.25) is 0 Å². The normalized spacial score (nSPS) is 22.6. The van der Waals surface area contributed by atoms with Crippen molar-refractivity contribution in [2.24, 2.45) is 0 Å². The van der Waals surface area contributed by atoms with Gasteiger partial charge in [0.25, 0.3) is 0 Å². The highest BCUT2D eigenvalue weighted by molar-refractivity contribution is 6.15. The molecule has 0 fully saturated rings. The molecule has 6 aromatic rings. The monoisotopic (exact) mass is 506 g/mol. The lowest BCUT2D eigenvalue weighted by molar-refractivity contribution is -0.120. The predicted molar refractivity (Wildman–Crippen MR) is 158 cm³/mol. The molecule has 4 atom stereocenters. The van der Waals surface area contributed by atoms with Crippen LogP contribution in [-0.4, -0.2) is 5.78 Å². The Morgan fingerprint density at radius 1 is 0.375 bits per heavy atom. The summed E-state index contributed by atoms with van der Waals surface area (Å²) in [4.78, 5) is 15.1. The van der Waals surface area contributed by atoms with E-state index >= 15 is 4.79 Å². The van der Waals surface area contributed by atoms with Gasteiger partial charge in [0, 0.05) is 11.8 Å². The fraction of sp³-hybridized carbons (Fsp3) is 0.103. The summed E-state index contributed by atoms with van der Waals surface area (Å²) in [6.45, 7) is 0. The first-order valence-corrected chi connectivity index (χ1v) is 14.4. The van der Waals surface area contributed by atoms with Gasteiger partial charge in [0.1, 0.15) is 0 Å². The number of hydrogen-bond donors (Lipinski definition) is 0. The van der Waals surface area contributed by atoms with E-state index in [2.05, 4.69) is 109 Å². The van der Waals surface area contributed by atoms with Crippen LogP contribution in [0.15, 0.2) is 109 Å². The molecule has 11 rings (SSSR count). The number of hydrogen-bond acceptors (Lipinski definition) is 1. The van der Waals surface area contributed by atoms with Crippen LogP contribution in [0.5, 0.6) is 0 Å². The van der Waals surface area contributed by atoms with Crippen molar-refractivity contribution in [2.45, 2.75) is 23.7 Å². The van der Waals surface area contributed by atoms with Crippen LogP contribution < -0.4 is 0 Å². The van der Waals surface area contributed by atoms with Gasteiger partial charge in [0.15, 0.2) is 5.78 Å². The van der Waals surface area contributed by atoms with E-state index in [0.717, 1.165) is 0 Å². The Balaban J connectivity index is 1.39. The molecule has 5 aliphatic rings. The lowest BCUT2D eigenvalue weighted by Gasteiger charge is -2.42. The van der Waals surface area contributed by atoms with E-state index < -0.39 is 0 Å². The maximum absolute atomic E-state index is 15.1. The van der Waals surface area contributed by atoms with Gasteiger partial charge < -0.3 is 0 Å². The molecule has 6 aromatic carbocycles. The summed E-state index contributed by atoms with van der Waals surface area (Å²) in [7, 11) is 0. The van der Waals surface area contributed by atoms with Gasteiger partial charge in [-0.15, -0.1) is 0 Å². The van der Waals surface area contributed by atoms with E-state index in [-0.39, 0.29) is 23.7 Å². The molecule has 0 bridgehead atoms. The Labute approximate surface area is 231 Å². The van der Waals surface area contributed by atoms with E-state index in [1.165, 1.54) is 88.7 Å². The Morgan fingerprint density at radius 2 is 0.750 bits per heavy atom. The van der Waals surface area contributed by atoms with Crippen LogP contribution in [0.1, 0.15) is 79.3 Å². The SMILES string of the molecule is O=C1C2c3ccccc3C3c4ccccc4-c4cc5cc6c7c(c5c2c43)C1c1ccccc1C7c1ccccc1-6. The maximum Gasteiger partial charge on any atom is 0.156 e. The topological polar surface area (TPSA) is 17.1 Å². The molecule has 0 heterocycles. The third-order valence-corrected chi connectivity index (χ3v) is 10.7. The number of ketones is 1. The minimum Gasteiger partial charge on any atom is -0.298 e. The molecule has 0 amide bonds. The Kier molecular flexibility index (Phi) is 3.29. The van der Waals surface area contributed by atoms with E-state index in [1.807, 2.05) is 0 Å². The molecule has 184 valence electrons. The summed E-state index contributed by atoms with van der Waals surface area (Å²) in [5.74, 6) is 0.254. The van der Waals surface area contributed by atoms with Crippen molar-refractivity contribution in [3.8, 4) is 22.3 Å². The smallest absolute Gasteiger partial charge is 0.156 e. The Hall–Kier alpha value is -4.75. The molecule has 5 aliphatic carbocycles. The second-order valence-electron chi connectivity index (χ2n) is 12.2. The van der Waals surface area contributed by atoms with Crippen LogP contribution in [0.25, 0.3) is 33.0 Å². The number of carbonyl (C=O) groups is 1. The second kappa shape index (κ2) is 6.51. The molecule has 0 saturated heterocycles. The first-order chi connectivity index (χ1) is 19.8. The molecular formula is C39H22O. The highest BCUT2D eigenvalue weighted by Gasteiger charge is 2.52. The van der Waals surface area contributed by atoms with Crippen molar-refractivity contribution in [1.82, 2.24) is 0 Å². The first kappa shape index (κ1) is 20.2. The van der Waals surface area contributed by atoms with Crippen molar-refractivity contribution >= 4 is 16.6 Å².